The molecule has 696 valence electrons. The molecule has 10 N–H and O–H groups in total. The Hall–Kier alpha value is -2.53. The molecule has 0 bridgehead atoms. The summed E-state index contributed by atoms with van der Waals surface area (Å²) in [4.78, 5) is 66.5. The van der Waals surface area contributed by atoms with E-state index in [0.717, 1.165) is 128 Å². The maximum Gasteiger partial charge on any atom is 0.472 e. The van der Waals surface area contributed by atoms with E-state index in [1.54, 1.807) is 0 Å². The van der Waals surface area contributed by atoms with E-state index >= 15 is 0 Å². The van der Waals surface area contributed by atoms with Gasteiger partial charge in [0.05, 0.1) is 13.2 Å². The molecular formula is C92H173O25P. The number of ether oxygens (including phenoxy) is 8. The van der Waals surface area contributed by atoms with Gasteiger partial charge in [0.15, 0.2) is 24.8 Å². The molecule has 3 aliphatic rings. The van der Waals surface area contributed by atoms with Crippen molar-refractivity contribution in [3.8, 4) is 0 Å². The van der Waals surface area contributed by atoms with E-state index in [1.807, 2.05) is 0 Å². The Morgan fingerprint density at radius 1 is 0.305 bits per heavy atom. The minimum absolute atomic E-state index is 0.0199. The Morgan fingerprint density at radius 2 is 0.585 bits per heavy atom. The number of unbranched alkanes of at least 4 members (excludes halogenated alkanes) is 55. The third-order valence-corrected chi connectivity index (χ3v) is 24.8. The second kappa shape index (κ2) is 71.6. The summed E-state index contributed by atoms with van der Waals surface area (Å²) in [5.74, 6) is -2.94. The summed E-state index contributed by atoms with van der Waals surface area (Å²) in [7, 11) is -5.80. The van der Waals surface area contributed by atoms with Gasteiger partial charge in [0, 0.05) is 25.7 Å². The lowest BCUT2D eigenvalue weighted by molar-refractivity contribution is -0.360. The van der Waals surface area contributed by atoms with Crippen molar-refractivity contribution < 1.29 is 122 Å². The lowest BCUT2D eigenvalue weighted by Crippen LogP contribution is -2.70. The van der Waals surface area contributed by atoms with Gasteiger partial charge in [0.1, 0.15) is 92.6 Å². The van der Waals surface area contributed by atoms with Gasteiger partial charge >= 0.3 is 31.7 Å². The maximum absolute atomic E-state index is 14.9. The molecule has 26 heteroatoms. The minimum Gasteiger partial charge on any atom is -0.463 e. The zero-order valence-electron chi connectivity index (χ0n) is 74.2. The topological polar surface area (TPSA) is 380 Å². The average Bonchev–Trinajstić information content (AvgIpc) is 0.755. The zero-order chi connectivity index (χ0) is 86.1. The van der Waals surface area contributed by atoms with Gasteiger partial charge in [-0.15, -0.1) is 0 Å². The molecule has 0 spiro atoms. The van der Waals surface area contributed by atoms with Gasteiger partial charge in [-0.25, -0.2) is 4.57 Å². The summed E-state index contributed by atoms with van der Waals surface area (Å²) in [5, 5.41) is 102. The predicted octanol–water partition coefficient (Wildman–Crippen LogP) is 18.2. The Bertz CT molecular complexity index is 2450. The molecule has 118 heavy (non-hydrogen) atoms. The second-order valence-corrected chi connectivity index (χ2v) is 36.0. The number of hydrogen-bond donors (Lipinski definition) is 10. The van der Waals surface area contributed by atoms with Gasteiger partial charge in [-0.2, -0.15) is 0 Å². The van der Waals surface area contributed by atoms with Crippen LogP contribution in [0.3, 0.4) is 0 Å². The van der Waals surface area contributed by atoms with E-state index in [9.17, 15) is 74.6 Å². The van der Waals surface area contributed by atoms with Gasteiger partial charge in [0.25, 0.3) is 0 Å². The van der Waals surface area contributed by atoms with E-state index in [0.29, 0.717) is 32.1 Å². The van der Waals surface area contributed by atoms with E-state index in [1.165, 1.54) is 218 Å². The normalized spacial score (nSPS) is 24.9. The summed E-state index contributed by atoms with van der Waals surface area (Å²) in [6.07, 6.45) is 29.3. The quantitative estimate of drug-likeness (QED) is 0.0117. The smallest absolute Gasteiger partial charge is 0.463 e. The number of esters is 4. The highest BCUT2D eigenvalue weighted by atomic mass is 31.2. The van der Waals surface area contributed by atoms with Crippen LogP contribution in [0.25, 0.3) is 0 Å². The molecular weight excluding hydrogens is 1540 g/mol. The molecule has 25 nitrogen and oxygen atoms in total. The van der Waals surface area contributed by atoms with Crippen molar-refractivity contribution in [2.45, 2.75) is 536 Å². The van der Waals surface area contributed by atoms with Crippen molar-refractivity contribution >= 4 is 31.7 Å². The highest BCUT2D eigenvalue weighted by Gasteiger charge is 2.60. The molecule has 0 amide bonds. The molecule has 0 aromatic rings. The monoisotopic (exact) mass is 1710 g/mol. The van der Waals surface area contributed by atoms with Crippen LogP contribution in [0.4, 0.5) is 0 Å². The third kappa shape index (κ3) is 51.2. The number of carbonyl (C=O) groups is 4. The summed E-state index contributed by atoms with van der Waals surface area (Å²) >= 11 is 0. The van der Waals surface area contributed by atoms with E-state index in [4.69, 9.17) is 46.9 Å². The first-order valence-electron chi connectivity index (χ1n) is 48.3. The van der Waals surface area contributed by atoms with Crippen LogP contribution < -0.4 is 0 Å². The molecule has 18 unspecified atom stereocenters. The van der Waals surface area contributed by atoms with Crippen LogP contribution in [0.5, 0.6) is 0 Å². The molecule has 1 aliphatic carbocycles. The standard InChI is InChI=1S/C92H173O25P/c1-5-9-13-17-21-25-29-33-36-39-43-46-50-54-58-62-66-77(96)111-72(69-108-75(94)64-60-56-52-48-45-41-37-34-30-26-22-18-14-10-6-2)70-110-118(106,107)117-90-88(115-91-85(104)81(100)79(98)73(68-93)112-91)84(103)83(102)87(114-78(97)67-63-59-55-51-47-42-38-35-31-27-23-19-15-11-7-3)89(90)116-92-86(105)82(101)80(99)74(113-92)71-109-76(95)65-61-57-53-49-44-40-32-28-24-20-16-12-8-4/h72-74,79-93,98-105H,5-71H2,1-4H3,(H,106,107). The number of aliphatic hydroxyl groups is 9. The van der Waals surface area contributed by atoms with Crippen molar-refractivity contribution in [3.05, 3.63) is 0 Å². The molecule has 2 saturated heterocycles. The SMILES string of the molecule is CCCCCCCCCCCCCCCCCCC(=O)OC(COC(=O)CCCCCCCCCCCCCCCCC)COP(=O)(O)OC1C(OC2OC(CO)C(O)C(O)C2O)C(O)C(O)C(OC(=O)CCCCCCCCCCCCCCCCC)C1OC1OC(COC(=O)CCCCCCCCCCCCCCC)C(O)C(O)C1O. The van der Waals surface area contributed by atoms with Gasteiger partial charge in [-0.05, 0) is 25.7 Å². The summed E-state index contributed by atoms with van der Waals surface area (Å²) < 4.78 is 73.5. The number of aliphatic hydroxyl groups excluding tert-OH is 9. The van der Waals surface area contributed by atoms with Crippen LogP contribution in [-0.2, 0) is 70.7 Å². The number of phosphoric ester groups is 1. The lowest BCUT2D eigenvalue weighted by atomic mass is 9.84. The van der Waals surface area contributed by atoms with Crippen LogP contribution in [0.2, 0.25) is 0 Å². The summed E-state index contributed by atoms with van der Waals surface area (Å²) in [6, 6.07) is 0. The Balaban J connectivity index is 1.91. The van der Waals surface area contributed by atoms with Crippen molar-refractivity contribution in [1.82, 2.24) is 0 Å². The van der Waals surface area contributed by atoms with Crippen LogP contribution >= 0.6 is 7.82 Å². The third-order valence-electron chi connectivity index (χ3n) is 23.9. The lowest BCUT2D eigenvalue weighted by Gasteiger charge is -2.50. The molecule has 0 radical (unpaired) electrons. The van der Waals surface area contributed by atoms with Crippen LogP contribution in [-0.4, -0.2) is 205 Å². The van der Waals surface area contributed by atoms with Crippen molar-refractivity contribution in [3.63, 3.8) is 0 Å². The zero-order valence-corrected chi connectivity index (χ0v) is 75.1. The van der Waals surface area contributed by atoms with Gasteiger partial charge in [0.2, 0.25) is 0 Å². The van der Waals surface area contributed by atoms with Crippen molar-refractivity contribution in [1.29, 1.82) is 0 Å². The first kappa shape index (κ1) is 110. The highest BCUT2D eigenvalue weighted by molar-refractivity contribution is 7.47. The highest BCUT2D eigenvalue weighted by Crippen LogP contribution is 2.49. The molecule has 3 rings (SSSR count). The second-order valence-electron chi connectivity index (χ2n) is 34.6. The predicted molar refractivity (Wildman–Crippen MR) is 458 cm³/mol. The molecule has 2 heterocycles. The fourth-order valence-corrected chi connectivity index (χ4v) is 17.2. The first-order chi connectivity index (χ1) is 57.2. The minimum atomic E-state index is -5.80. The van der Waals surface area contributed by atoms with Crippen LogP contribution in [0.1, 0.15) is 432 Å². The van der Waals surface area contributed by atoms with E-state index in [2.05, 4.69) is 27.7 Å². The number of hydrogen-bond acceptors (Lipinski definition) is 24. The fraction of sp³-hybridized carbons (Fsp3) is 0.957. The molecule has 1 saturated carbocycles. The number of phosphoric acid groups is 1. The Morgan fingerprint density at radius 3 is 0.924 bits per heavy atom. The van der Waals surface area contributed by atoms with Crippen LogP contribution in [0.15, 0.2) is 0 Å². The Kier molecular flexibility index (Phi) is 66.5. The Labute approximate surface area is 712 Å². The number of carbonyl (C=O) groups excluding carboxylic acids is 4. The fourth-order valence-electron chi connectivity index (χ4n) is 16.2. The van der Waals surface area contributed by atoms with Gasteiger partial charge in [-0.1, -0.05) is 381 Å². The molecule has 18 atom stereocenters. The summed E-state index contributed by atoms with van der Waals surface area (Å²) in [6.45, 7) is 5.65. The van der Waals surface area contributed by atoms with Crippen LogP contribution in [0, 0.1) is 0 Å². The number of rotatable bonds is 79. The molecule has 0 aromatic heterocycles. The van der Waals surface area contributed by atoms with Gasteiger partial charge in [-0.3, -0.25) is 28.2 Å². The molecule has 3 fully saturated rings. The molecule has 0 aromatic carbocycles. The first-order valence-corrected chi connectivity index (χ1v) is 49.8. The van der Waals surface area contributed by atoms with Crippen molar-refractivity contribution in [2.24, 2.45) is 0 Å². The largest absolute Gasteiger partial charge is 0.472 e. The average molecular weight is 1710 g/mol. The van der Waals surface area contributed by atoms with E-state index < -0.39 is 162 Å². The maximum atomic E-state index is 14.9. The molecule has 2 aliphatic heterocycles. The van der Waals surface area contributed by atoms with Crippen molar-refractivity contribution in [2.75, 3.05) is 26.4 Å². The summed E-state index contributed by atoms with van der Waals surface area (Å²) in [5.41, 5.74) is 0. The van der Waals surface area contributed by atoms with E-state index in [-0.39, 0.29) is 25.7 Å². The van der Waals surface area contributed by atoms with Gasteiger partial charge < -0.3 is 88.7 Å².